The fourth-order valence-electron chi connectivity index (χ4n) is 7.68. The van der Waals surface area contributed by atoms with E-state index in [1.807, 2.05) is 0 Å². The van der Waals surface area contributed by atoms with E-state index in [1.54, 1.807) is 0 Å². The molecule has 0 atom stereocenters. The molecule has 0 aliphatic heterocycles. The Morgan fingerprint density at radius 3 is 1.81 bits per heavy atom. The van der Waals surface area contributed by atoms with Crippen LogP contribution in [0, 0.1) is 0 Å². The van der Waals surface area contributed by atoms with Crippen molar-refractivity contribution in [2.24, 2.45) is 0 Å². The molecule has 0 bridgehead atoms. The first-order valence-corrected chi connectivity index (χ1v) is 16.2. The molecule has 0 saturated heterocycles. The summed E-state index contributed by atoms with van der Waals surface area (Å²) < 4.78 is 6.46. The highest BCUT2D eigenvalue weighted by Crippen LogP contribution is 2.44. The van der Waals surface area contributed by atoms with Gasteiger partial charge in [0.25, 0.3) is 0 Å². The lowest BCUT2D eigenvalue weighted by Crippen LogP contribution is -1.89. The molecule has 0 saturated carbocycles. The van der Waals surface area contributed by atoms with E-state index in [9.17, 15) is 0 Å². The van der Waals surface area contributed by atoms with Crippen LogP contribution in [0.4, 0.5) is 0 Å². The quantitative estimate of drug-likeness (QED) is 0.146. The summed E-state index contributed by atoms with van der Waals surface area (Å²) in [6.45, 7) is 0. The van der Waals surface area contributed by atoms with Crippen LogP contribution in [-0.4, -0.2) is 0 Å². The maximum absolute atomic E-state index is 6.46. The van der Waals surface area contributed by atoms with Gasteiger partial charge in [0.1, 0.15) is 11.2 Å². The van der Waals surface area contributed by atoms with Gasteiger partial charge in [0, 0.05) is 10.8 Å². The van der Waals surface area contributed by atoms with Gasteiger partial charge in [-0.15, -0.1) is 0 Å². The Bertz CT molecular complexity index is 2850. The lowest BCUT2D eigenvalue weighted by molar-refractivity contribution is 0.669. The fraction of sp³-hybridized carbons (Fsp3) is 0. The number of benzene rings is 9. The second-order valence-corrected chi connectivity index (χ2v) is 12.5. The molecule has 0 aliphatic carbocycles. The molecule has 0 unspecified atom stereocenters. The van der Waals surface area contributed by atoms with Crippen LogP contribution in [0.2, 0.25) is 0 Å². The molecule has 1 heteroatoms. The third-order valence-corrected chi connectivity index (χ3v) is 9.81. The van der Waals surface area contributed by atoms with Gasteiger partial charge in [0.2, 0.25) is 0 Å². The van der Waals surface area contributed by atoms with Crippen LogP contribution < -0.4 is 0 Å². The second kappa shape index (κ2) is 10.2. The molecule has 0 amide bonds. The molecule has 1 nitrogen and oxygen atoms in total. The van der Waals surface area contributed by atoms with Gasteiger partial charge in [-0.25, -0.2) is 0 Å². The molecule has 0 fully saturated rings. The van der Waals surface area contributed by atoms with E-state index in [1.165, 1.54) is 76.5 Å². The molecule has 1 heterocycles. The first kappa shape index (κ1) is 26.1. The maximum atomic E-state index is 6.46. The van der Waals surface area contributed by atoms with Gasteiger partial charge in [-0.2, -0.15) is 0 Å². The molecular formula is C46H28O. The van der Waals surface area contributed by atoms with Gasteiger partial charge in [-0.05, 0) is 107 Å². The lowest BCUT2D eigenvalue weighted by atomic mass is 9.87. The highest BCUT2D eigenvalue weighted by atomic mass is 16.3. The van der Waals surface area contributed by atoms with E-state index in [0.717, 1.165) is 21.9 Å². The zero-order valence-corrected chi connectivity index (χ0v) is 25.6. The van der Waals surface area contributed by atoms with Crippen LogP contribution in [0.15, 0.2) is 174 Å². The third kappa shape index (κ3) is 4.03. The molecule has 10 aromatic rings. The van der Waals surface area contributed by atoms with Gasteiger partial charge in [-0.1, -0.05) is 140 Å². The number of fused-ring (bicyclic) bond motifs is 8. The van der Waals surface area contributed by atoms with Crippen molar-refractivity contribution in [3.05, 3.63) is 170 Å². The molecule has 0 N–H and O–H groups in total. The Kier molecular flexibility index (Phi) is 5.64. The lowest BCUT2D eigenvalue weighted by Gasteiger charge is -2.16. The maximum Gasteiger partial charge on any atom is 0.136 e. The largest absolute Gasteiger partial charge is 0.456 e. The van der Waals surface area contributed by atoms with Gasteiger partial charge in [-0.3, -0.25) is 0 Å². The Balaban J connectivity index is 1.21. The van der Waals surface area contributed by atoms with E-state index in [-0.39, 0.29) is 0 Å². The van der Waals surface area contributed by atoms with E-state index in [2.05, 4.69) is 170 Å². The average molecular weight is 597 g/mol. The number of furan rings is 1. The van der Waals surface area contributed by atoms with E-state index >= 15 is 0 Å². The average Bonchev–Trinajstić information content (AvgIpc) is 3.50. The zero-order chi connectivity index (χ0) is 30.9. The molecule has 218 valence electrons. The summed E-state index contributed by atoms with van der Waals surface area (Å²) in [5, 5.41) is 12.3. The van der Waals surface area contributed by atoms with Crippen molar-refractivity contribution in [2.75, 3.05) is 0 Å². The number of hydrogen-bond donors (Lipinski definition) is 0. The van der Waals surface area contributed by atoms with E-state index in [0.29, 0.717) is 0 Å². The number of rotatable bonds is 3. The first-order chi connectivity index (χ1) is 23.3. The molecule has 47 heavy (non-hydrogen) atoms. The summed E-state index contributed by atoms with van der Waals surface area (Å²) in [4.78, 5) is 0. The summed E-state index contributed by atoms with van der Waals surface area (Å²) in [5.41, 5.74) is 9.08. The van der Waals surface area contributed by atoms with Gasteiger partial charge < -0.3 is 4.42 Å². The van der Waals surface area contributed by atoms with Crippen molar-refractivity contribution in [1.29, 1.82) is 0 Å². The Morgan fingerprint density at radius 2 is 0.936 bits per heavy atom. The van der Waals surface area contributed by atoms with Crippen LogP contribution in [-0.2, 0) is 0 Å². The van der Waals surface area contributed by atoms with Crippen LogP contribution in [0.3, 0.4) is 0 Å². The molecule has 1 aromatic heterocycles. The minimum atomic E-state index is 0.908. The number of hydrogen-bond acceptors (Lipinski definition) is 1. The van der Waals surface area contributed by atoms with Crippen molar-refractivity contribution in [2.45, 2.75) is 0 Å². The van der Waals surface area contributed by atoms with E-state index < -0.39 is 0 Å². The van der Waals surface area contributed by atoms with Crippen molar-refractivity contribution in [3.8, 4) is 33.4 Å². The summed E-state index contributed by atoms with van der Waals surface area (Å²) in [6.07, 6.45) is 0. The Labute approximate surface area is 271 Å². The minimum absolute atomic E-state index is 0.908. The monoisotopic (exact) mass is 596 g/mol. The Morgan fingerprint density at radius 1 is 0.298 bits per heavy atom. The summed E-state index contributed by atoms with van der Waals surface area (Å²) in [7, 11) is 0. The summed E-state index contributed by atoms with van der Waals surface area (Å²) in [6, 6.07) is 61.6. The van der Waals surface area contributed by atoms with Crippen LogP contribution in [0.25, 0.3) is 98.4 Å². The predicted molar refractivity (Wildman–Crippen MR) is 200 cm³/mol. The smallest absolute Gasteiger partial charge is 0.136 e. The van der Waals surface area contributed by atoms with Gasteiger partial charge >= 0.3 is 0 Å². The standard InChI is InChI=1S/C46H28O/c1-2-13-31-28-44-42(26-30(31)12-1)46-39(21-10-22-43(46)47-44)38-20-8-7-18-36(38)32-15-9-16-34(25-32)45-37-19-6-4-14-33(37)27-41-35-17-5-3-11-29(35)23-24-40(41)45/h1-28H. The second-order valence-electron chi connectivity index (χ2n) is 12.5. The highest BCUT2D eigenvalue weighted by molar-refractivity contribution is 6.20. The predicted octanol–water partition coefficient (Wildman–Crippen LogP) is 13.2. The Hall–Kier alpha value is -6.18. The fourth-order valence-corrected chi connectivity index (χ4v) is 7.68. The van der Waals surface area contributed by atoms with Crippen molar-refractivity contribution < 1.29 is 4.42 Å². The minimum Gasteiger partial charge on any atom is -0.456 e. The topological polar surface area (TPSA) is 13.1 Å². The van der Waals surface area contributed by atoms with Crippen molar-refractivity contribution >= 4 is 65.0 Å². The molecule has 9 aromatic carbocycles. The molecule has 10 rings (SSSR count). The van der Waals surface area contributed by atoms with Crippen molar-refractivity contribution in [1.82, 2.24) is 0 Å². The molecule has 0 radical (unpaired) electrons. The van der Waals surface area contributed by atoms with Crippen LogP contribution in [0.5, 0.6) is 0 Å². The summed E-state index contributed by atoms with van der Waals surface area (Å²) >= 11 is 0. The van der Waals surface area contributed by atoms with E-state index in [4.69, 9.17) is 4.42 Å². The highest BCUT2D eigenvalue weighted by Gasteiger charge is 2.18. The van der Waals surface area contributed by atoms with Crippen LogP contribution >= 0.6 is 0 Å². The normalized spacial score (nSPS) is 11.8. The van der Waals surface area contributed by atoms with Gasteiger partial charge in [0.15, 0.2) is 0 Å². The summed E-state index contributed by atoms with van der Waals surface area (Å²) in [5.74, 6) is 0. The van der Waals surface area contributed by atoms with Gasteiger partial charge in [0.05, 0.1) is 0 Å². The zero-order valence-electron chi connectivity index (χ0n) is 25.6. The molecule has 0 aliphatic rings. The molecule has 0 spiro atoms. The SMILES string of the molecule is c1cc(-c2ccccc2-c2cccc3oc4cc5ccccc5cc4c23)cc(-c2c3ccccc3cc3c2ccc2ccccc23)c1. The third-order valence-electron chi connectivity index (χ3n) is 9.81. The first-order valence-electron chi connectivity index (χ1n) is 16.2. The van der Waals surface area contributed by atoms with Crippen LogP contribution in [0.1, 0.15) is 0 Å². The molecular weight excluding hydrogens is 569 g/mol. The van der Waals surface area contributed by atoms with Crippen molar-refractivity contribution in [3.63, 3.8) is 0 Å².